The third-order valence-corrected chi connectivity index (χ3v) is 5.01. The quantitative estimate of drug-likeness (QED) is 0.252. The summed E-state index contributed by atoms with van der Waals surface area (Å²) in [6.07, 6.45) is -5.97. The van der Waals surface area contributed by atoms with Crippen molar-refractivity contribution in [3.05, 3.63) is 45.6 Å². The van der Waals surface area contributed by atoms with E-state index in [9.17, 15) is 35.4 Å². The monoisotopic (exact) mass is 406 g/mol. The average Bonchev–Trinajstić information content (AvgIpc) is 2.69. The lowest BCUT2D eigenvalue weighted by atomic mass is 9.93. The Kier molecular flexibility index (Phi) is 5.78. The van der Waals surface area contributed by atoms with Crippen molar-refractivity contribution in [2.75, 3.05) is 13.7 Å². The van der Waals surface area contributed by atoms with Crippen LogP contribution in [0.15, 0.2) is 33.5 Å². The first-order valence-corrected chi connectivity index (χ1v) is 8.80. The molecule has 0 radical (unpaired) electrons. The minimum atomic E-state index is -1.70. The number of aromatic hydroxyl groups is 2. The molecule has 9 heteroatoms. The highest BCUT2D eigenvalue weighted by molar-refractivity contribution is 5.91. The number of hydrogen-bond acceptors (Lipinski definition) is 9. The first-order valence-electron chi connectivity index (χ1n) is 8.80. The van der Waals surface area contributed by atoms with Gasteiger partial charge in [0.25, 0.3) is 0 Å². The van der Waals surface area contributed by atoms with Gasteiger partial charge in [-0.05, 0) is 36.2 Å². The summed E-state index contributed by atoms with van der Waals surface area (Å²) in [6, 6.07) is 5.03. The largest absolute Gasteiger partial charge is 0.504 e. The molecule has 4 atom stereocenters. The van der Waals surface area contributed by atoms with E-state index in [1.54, 1.807) is 6.92 Å². The van der Waals surface area contributed by atoms with Crippen molar-refractivity contribution in [1.29, 1.82) is 0 Å². The van der Waals surface area contributed by atoms with Crippen LogP contribution in [0.1, 0.15) is 17.2 Å². The van der Waals surface area contributed by atoms with Crippen LogP contribution in [-0.4, -0.2) is 62.7 Å². The van der Waals surface area contributed by atoms with Crippen LogP contribution in [0.2, 0.25) is 0 Å². The maximum Gasteiger partial charge on any atom is 0.200 e. The standard InChI is InChI=1S/C20H22O9/c1-8-3-14-10(17(24)11-5-12(22)13(23)6-15(11)29-14)4-9(8)18(25)20(27)19(26)16(7-21)28-2/h3-6,16,18-23,25-27H,7H2,1-2H3. The van der Waals surface area contributed by atoms with E-state index >= 15 is 0 Å². The number of fused-ring (bicyclic) bond motifs is 2. The number of aliphatic hydroxyl groups excluding tert-OH is 4. The van der Waals surface area contributed by atoms with E-state index in [2.05, 4.69) is 0 Å². The zero-order valence-corrected chi connectivity index (χ0v) is 15.7. The van der Waals surface area contributed by atoms with E-state index in [1.807, 2.05) is 0 Å². The Balaban J connectivity index is 2.13. The Morgan fingerprint density at radius 2 is 1.55 bits per heavy atom. The third kappa shape index (κ3) is 3.66. The molecule has 0 amide bonds. The summed E-state index contributed by atoms with van der Waals surface area (Å²) in [5, 5.41) is 59.6. The SMILES string of the molecule is COC(CO)C(O)C(O)C(O)c1cc2c(=O)c3cc(O)c(O)cc3oc2cc1C. The zero-order chi connectivity index (χ0) is 21.5. The lowest BCUT2D eigenvalue weighted by Crippen LogP contribution is -2.43. The van der Waals surface area contributed by atoms with Crippen molar-refractivity contribution >= 4 is 21.9 Å². The van der Waals surface area contributed by atoms with Crippen LogP contribution in [0, 0.1) is 6.92 Å². The molecule has 0 bridgehead atoms. The van der Waals surface area contributed by atoms with Gasteiger partial charge in [-0.25, -0.2) is 0 Å². The van der Waals surface area contributed by atoms with Crippen LogP contribution in [0.5, 0.6) is 11.5 Å². The van der Waals surface area contributed by atoms with Gasteiger partial charge < -0.3 is 39.8 Å². The molecule has 2 aromatic carbocycles. The molecule has 0 aliphatic heterocycles. The lowest BCUT2D eigenvalue weighted by Gasteiger charge is -2.28. The van der Waals surface area contributed by atoms with Gasteiger partial charge in [0.15, 0.2) is 11.5 Å². The van der Waals surface area contributed by atoms with Crippen LogP contribution in [-0.2, 0) is 4.74 Å². The molecule has 1 heterocycles. The molecule has 0 aliphatic carbocycles. The number of phenols is 2. The van der Waals surface area contributed by atoms with Crippen LogP contribution in [0.4, 0.5) is 0 Å². The number of rotatable bonds is 6. The number of ether oxygens (including phenoxy) is 1. The molecule has 0 aliphatic rings. The molecule has 0 saturated heterocycles. The Morgan fingerprint density at radius 3 is 2.17 bits per heavy atom. The number of benzene rings is 2. The predicted octanol–water partition coefficient (Wildman–Crippen LogP) is 0.428. The molecule has 1 aromatic heterocycles. The Labute approximate surface area is 164 Å². The molecule has 3 rings (SSSR count). The second-order valence-electron chi connectivity index (χ2n) is 6.86. The zero-order valence-electron chi connectivity index (χ0n) is 15.7. The summed E-state index contributed by atoms with van der Waals surface area (Å²) >= 11 is 0. The molecule has 0 fully saturated rings. The molecule has 4 unspecified atom stereocenters. The van der Waals surface area contributed by atoms with Gasteiger partial charge in [0.1, 0.15) is 35.6 Å². The fourth-order valence-electron chi connectivity index (χ4n) is 3.27. The third-order valence-electron chi connectivity index (χ3n) is 5.01. The maximum absolute atomic E-state index is 12.8. The minimum absolute atomic E-state index is 0.0254. The normalized spacial score (nSPS) is 16.1. The Hall–Kier alpha value is -2.69. The van der Waals surface area contributed by atoms with Crippen molar-refractivity contribution in [3.63, 3.8) is 0 Å². The topological polar surface area (TPSA) is 161 Å². The smallest absolute Gasteiger partial charge is 0.200 e. The van der Waals surface area contributed by atoms with Crippen molar-refractivity contribution < 1.29 is 39.8 Å². The van der Waals surface area contributed by atoms with E-state index in [0.29, 0.717) is 5.56 Å². The molecular weight excluding hydrogens is 384 g/mol. The number of aryl methyl sites for hydroxylation is 1. The highest BCUT2D eigenvalue weighted by Crippen LogP contribution is 2.32. The van der Waals surface area contributed by atoms with Crippen LogP contribution < -0.4 is 5.43 Å². The average molecular weight is 406 g/mol. The minimum Gasteiger partial charge on any atom is -0.504 e. The summed E-state index contributed by atoms with van der Waals surface area (Å²) < 4.78 is 10.5. The van der Waals surface area contributed by atoms with Crippen molar-refractivity contribution in [2.45, 2.75) is 31.3 Å². The summed E-state index contributed by atoms with van der Waals surface area (Å²) in [5.41, 5.74) is 0.393. The number of aliphatic hydroxyl groups is 4. The van der Waals surface area contributed by atoms with Crippen molar-refractivity contribution in [2.24, 2.45) is 0 Å². The van der Waals surface area contributed by atoms with Gasteiger partial charge in [0, 0.05) is 13.2 Å². The summed E-state index contributed by atoms with van der Waals surface area (Å²) in [6.45, 7) is 1.06. The highest BCUT2D eigenvalue weighted by Gasteiger charge is 2.33. The Morgan fingerprint density at radius 1 is 0.966 bits per heavy atom. The first-order chi connectivity index (χ1) is 13.7. The summed E-state index contributed by atoms with van der Waals surface area (Å²) in [7, 11) is 1.24. The molecule has 3 aromatic rings. The second-order valence-corrected chi connectivity index (χ2v) is 6.86. The maximum atomic E-state index is 12.8. The van der Waals surface area contributed by atoms with Gasteiger partial charge in [-0.15, -0.1) is 0 Å². The second kappa shape index (κ2) is 7.97. The lowest BCUT2D eigenvalue weighted by molar-refractivity contribution is -0.126. The number of phenolic OH excluding ortho intramolecular Hbond substituents is 2. The Bertz CT molecular complexity index is 1100. The predicted molar refractivity (Wildman–Crippen MR) is 103 cm³/mol. The summed E-state index contributed by atoms with van der Waals surface area (Å²) in [4.78, 5) is 12.8. The van der Waals surface area contributed by atoms with Gasteiger partial charge in [-0.2, -0.15) is 0 Å². The summed E-state index contributed by atoms with van der Waals surface area (Å²) in [5.74, 6) is -0.915. The van der Waals surface area contributed by atoms with Crippen molar-refractivity contribution in [3.8, 4) is 11.5 Å². The van der Waals surface area contributed by atoms with Gasteiger partial charge in [0.2, 0.25) is 5.43 Å². The van der Waals surface area contributed by atoms with Gasteiger partial charge in [0.05, 0.1) is 17.4 Å². The van der Waals surface area contributed by atoms with E-state index < -0.39 is 48.0 Å². The van der Waals surface area contributed by atoms with Gasteiger partial charge in [-0.3, -0.25) is 4.79 Å². The number of hydrogen-bond donors (Lipinski definition) is 6. The molecule has 156 valence electrons. The van der Waals surface area contributed by atoms with Crippen molar-refractivity contribution in [1.82, 2.24) is 0 Å². The van der Waals surface area contributed by atoms with Crippen LogP contribution in [0.3, 0.4) is 0 Å². The first kappa shape index (κ1) is 21.0. The number of methoxy groups -OCH3 is 1. The van der Waals surface area contributed by atoms with Crippen LogP contribution in [0.25, 0.3) is 21.9 Å². The van der Waals surface area contributed by atoms with Gasteiger partial charge >= 0.3 is 0 Å². The van der Waals surface area contributed by atoms with E-state index in [4.69, 9.17) is 9.15 Å². The molecule has 0 saturated carbocycles. The highest BCUT2D eigenvalue weighted by atomic mass is 16.5. The van der Waals surface area contributed by atoms with E-state index in [-0.39, 0.29) is 27.5 Å². The molecule has 6 N–H and O–H groups in total. The molecule has 29 heavy (non-hydrogen) atoms. The van der Waals surface area contributed by atoms with E-state index in [1.165, 1.54) is 19.2 Å². The van der Waals surface area contributed by atoms with Crippen LogP contribution >= 0.6 is 0 Å². The fraction of sp³-hybridized carbons (Fsp3) is 0.350. The molecule has 9 nitrogen and oxygen atoms in total. The van der Waals surface area contributed by atoms with Gasteiger partial charge in [-0.1, -0.05) is 0 Å². The molecule has 0 spiro atoms. The van der Waals surface area contributed by atoms with E-state index in [0.717, 1.165) is 12.1 Å². The molecular formula is C20H22O9. The fourth-order valence-corrected chi connectivity index (χ4v) is 3.27.